The van der Waals surface area contributed by atoms with E-state index in [-0.39, 0.29) is 12.5 Å². The molecule has 0 fully saturated rings. The maximum absolute atomic E-state index is 10.4. The summed E-state index contributed by atoms with van der Waals surface area (Å²) in [4.78, 5) is 0. The summed E-state index contributed by atoms with van der Waals surface area (Å²) in [5, 5.41) is 19.8. The van der Waals surface area contributed by atoms with Gasteiger partial charge in [-0.05, 0) is 30.4 Å². The SMILES string of the molecule is C=CC[C@H]1c2ccccc2CC[C@]1(O)CO. The van der Waals surface area contributed by atoms with Crippen molar-refractivity contribution in [1.29, 1.82) is 0 Å². The fraction of sp³-hybridized carbons (Fsp3) is 0.429. The molecule has 0 aliphatic heterocycles. The molecule has 0 aromatic heterocycles. The summed E-state index contributed by atoms with van der Waals surface area (Å²) in [5.41, 5.74) is 1.46. The van der Waals surface area contributed by atoms with E-state index in [2.05, 4.69) is 12.6 Å². The van der Waals surface area contributed by atoms with Crippen LogP contribution in [-0.4, -0.2) is 22.4 Å². The van der Waals surface area contributed by atoms with Gasteiger partial charge < -0.3 is 10.2 Å². The van der Waals surface area contributed by atoms with Gasteiger partial charge in [-0.15, -0.1) is 6.58 Å². The molecule has 1 aromatic carbocycles. The number of fused-ring (bicyclic) bond motifs is 1. The van der Waals surface area contributed by atoms with Gasteiger partial charge in [0.15, 0.2) is 0 Å². The van der Waals surface area contributed by atoms with Crippen LogP contribution in [0.2, 0.25) is 0 Å². The lowest BCUT2D eigenvalue weighted by Gasteiger charge is -2.39. The monoisotopic (exact) mass is 218 g/mol. The Morgan fingerprint density at radius 2 is 2.19 bits per heavy atom. The minimum atomic E-state index is -0.984. The number of allylic oxidation sites excluding steroid dienone is 1. The summed E-state index contributed by atoms with van der Waals surface area (Å²) >= 11 is 0. The average molecular weight is 218 g/mol. The van der Waals surface area contributed by atoms with E-state index in [1.54, 1.807) is 0 Å². The van der Waals surface area contributed by atoms with E-state index in [9.17, 15) is 10.2 Å². The number of hydrogen-bond acceptors (Lipinski definition) is 2. The van der Waals surface area contributed by atoms with E-state index in [0.29, 0.717) is 12.8 Å². The zero-order valence-corrected chi connectivity index (χ0v) is 9.39. The van der Waals surface area contributed by atoms with Crippen molar-refractivity contribution >= 4 is 0 Å². The average Bonchev–Trinajstić information content (AvgIpc) is 2.33. The summed E-state index contributed by atoms with van der Waals surface area (Å²) in [6.45, 7) is 3.55. The molecule has 0 unspecified atom stereocenters. The van der Waals surface area contributed by atoms with Gasteiger partial charge in [-0.1, -0.05) is 30.3 Å². The van der Waals surface area contributed by atoms with Gasteiger partial charge in [0.05, 0.1) is 12.2 Å². The van der Waals surface area contributed by atoms with Crippen molar-refractivity contribution in [2.75, 3.05) is 6.61 Å². The summed E-state index contributed by atoms with van der Waals surface area (Å²) in [7, 11) is 0. The third-order valence-electron chi connectivity index (χ3n) is 3.58. The van der Waals surface area contributed by atoms with Gasteiger partial charge in [0.1, 0.15) is 0 Å². The van der Waals surface area contributed by atoms with Crippen LogP contribution in [0, 0.1) is 0 Å². The molecule has 86 valence electrons. The molecule has 0 saturated heterocycles. The molecule has 1 aliphatic carbocycles. The molecule has 0 bridgehead atoms. The van der Waals surface area contributed by atoms with Crippen molar-refractivity contribution in [3.05, 3.63) is 48.0 Å². The Hall–Kier alpha value is -1.12. The predicted octanol–water partition coefficient (Wildman–Crippen LogP) is 2.02. The number of aryl methyl sites for hydroxylation is 1. The number of aliphatic hydroxyl groups is 2. The van der Waals surface area contributed by atoms with Crippen LogP contribution in [0.3, 0.4) is 0 Å². The zero-order valence-electron chi connectivity index (χ0n) is 9.39. The summed E-state index contributed by atoms with van der Waals surface area (Å²) < 4.78 is 0. The molecule has 2 heteroatoms. The lowest BCUT2D eigenvalue weighted by Crippen LogP contribution is -2.43. The number of rotatable bonds is 3. The van der Waals surface area contributed by atoms with Gasteiger partial charge in [-0.25, -0.2) is 0 Å². The Kier molecular flexibility index (Phi) is 3.13. The highest BCUT2D eigenvalue weighted by Crippen LogP contribution is 2.41. The van der Waals surface area contributed by atoms with Gasteiger partial charge in [0.25, 0.3) is 0 Å². The lowest BCUT2D eigenvalue weighted by atomic mass is 9.71. The molecule has 2 atom stereocenters. The van der Waals surface area contributed by atoms with Gasteiger partial charge in [0, 0.05) is 5.92 Å². The molecule has 0 radical (unpaired) electrons. The van der Waals surface area contributed by atoms with Crippen LogP contribution < -0.4 is 0 Å². The Balaban J connectivity index is 2.43. The summed E-state index contributed by atoms with van der Waals surface area (Å²) in [6, 6.07) is 8.15. The topological polar surface area (TPSA) is 40.5 Å². The van der Waals surface area contributed by atoms with Crippen LogP contribution in [0.1, 0.15) is 29.9 Å². The summed E-state index contributed by atoms with van der Waals surface area (Å²) in [6.07, 6.45) is 3.97. The Morgan fingerprint density at radius 3 is 2.88 bits per heavy atom. The third kappa shape index (κ3) is 1.79. The largest absolute Gasteiger partial charge is 0.393 e. The summed E-state index contributed by atoms with van der Waals surface area (Å²) in [5.74, 6) is -0.0278. The minimum Gasteiger partial charge on any atom is -0.393 e. The van der Waals surface area contributed by atoms with Crippen molar-refractivity contribution in [3.63, 3.8) is 0 Å². The molecule has 1 aromatic rings. The quantitative estimate of drug-likeness (QED) is 0.762. The highest BCUT2D eigenvalue weighted by atomic mass is 16.3. The van der Waals surface area contributed by atoms with Gasteiger partial charge in [-0.3, -0.25) is 0 Å². The van der Waals surface area contributed by atoms with E-state index < -0.39 is 5.60 Å². The van der Waals surface area contributed by atoms with E-state index in [1.807, 2.05) is 24.3 Å². The highest BCUT2D eigenvalue weighted by molar-refractivity contribution is 5.36. The molecular formula is C14H18O2. The van der Waals surface area contributed by atoms with Crippen LogP contribution in [0.25, 0.3) is 0 Å². The molecule has 2 rings (SSSR count). The Bertz CT molecular complexity index is 386. The van der Waals surface area contributed by atoms with Crippen LogP contribution in [0.5, 0.6) is 0 Å². The molecule has 16 heavy (non-hydrogen) atoms. The molecule has 0 amide bonds. The van der Waals surface area contributed by atoms with Gasteiger partial charge in [-0.2, -0.15) is 0 Å². The molecular weight excluding hydrogens is 200 g/mol. The molecule has 2 nitrogen and oxygen atoms in total. The number of hydrogen-bond donors (Lipinski definition) is 2. The fourth-order valence-electron chi connectivity index (χ4n) is 2.62. The number of aliphatic hydroxyl groups excluding tert-OH is 1. The van der Waals surface area contributed by atoms with E-state index >= 15 is 0 Å². The zero-order chi connectivity index (χ0) is 11.6. The third-order valence-corrected chi connectivity index (χ3v) is 3.58. The van der Waals surface area contributed by atoms with Crippen molar-refractivity contribution in [1.82, 2.24) is 0 Å². The van der Waals surface area contributed by atoms with Crippen molar-refractivity contribution in [2.24, 2.45) is 0 Å². The second-order valence-corrected chi connectivity index (χ2v) is 4.54. The van der Waals surface area contributed by atoms with E-state index in [1.165, 1.54) is 5.56 Å². The lowest BCUT2D eigenvalue weighted by molar-refractivity contribution is -0.0477. The van der Waals surface area contributed by atoms with E-state index in [0.717, 1.165) is 12.0 Å². The maximum atomic E-state index is 10.4. The van der Waals surface area contributed by atoms with E-state index in [4.69, 9.17) is 0 Å². The maximum Gasteiger partial charge on any atom is 0.0951 e. The second kappa shape index (κ2) is 4.40. The first kappa shape index (κ1) is 11.4. The van der Waals surface area contributed by atoms with Crippen LogP contribution in [0.4, 0.5) is 0 Å². The van der Waals surface area contributed by atoms with Crippen molar-refractivity contribution in [3.8, 4) is 0 Å². The second-order valence-electron chi connectivity index (χ2n) is 4.54. The van der Waals surface area contributed by atoms with Crippen LogP contribution >= 0.6 is 0 Å². The standard InChI is InChI=1S/C14H18O2/c1-2-5-13-12-7-4-3-6-11(12)8-9-14(13,16)10-15/h2-4,6-7,13,15-16H,1,5,8-10H2/t13-,14-/m0/s1. The van der Waals surface area contributed by atoms with Crippen LogP contribution in [0.15, 0.2) is 36.9 Å². The first-order valence-electron chi connectivity index (χ1n) is 5.73. The van der Waals surface area contributed by atoms with Gasteiger partial charge >= 0.3 is 0 Å². The Labute approximate surface area is 96.2 Å². The van der Waals surface area contributed by atoms with Crippen molar-refractivity contribution < 1.29 is 10.2 Å². The van der Waals surface area contributed by atoms with Crippen LogP contribution in [-0.2, 0) is 6.42 Å². The fourth-order valence-corrected chi connectivity index (χ4v) is 2.62. The normalized spacial score (nSPS) is 28.5. The first-order chi connectivity index (χ1) is 7.71. The molecule has 2 N–H and O–H groups in total. The highest BCUT2D eigenvalue weighted by Gasteiger charge is 2.40. The minimum absolute atomic E-state index is 0.0278. The molecule has 0 heterocycles. The van der Waals surface area contributed by atoms with Crippen molar-refractivity contribution in [2.45, 2.75) is 30.8 Å². The number of benzene rings is 1. The Morgan fingerprint density at radius 1 is 1.44 bits per heavy atom. The predicted molar refractivity (Wildman–Crippen MR) is 64.4 cm³/mol. The smallest absolute Gasteiger partial charge is 0.0951 e. The first-order valence-corrected chi connectivity index (χ1v) is 5.73. The van der Waals surface area contributed by atoms with Gasteiger partial charge in [0.2, 0.25) is 0 Å². The molecule has 0 saturated carbocycles. The molecule has 0 spiro atoms. The molecule has 1 aliphatic rings.